The molecule has 0 saturated carbocycles. The van der Waals surface area contributed by atoms with Crippen molar-refractivity contribution < 1.29 is 13.2 Å². The summed E-state index contributed by atoms with van der Waals surface area (Å²) in [6.07, 6.45) is 0. The third-order valence-electron chi connectivity index (χ3n) is 4.51. The second kappa shape index (κ2) is 7.61. The van der Waals surface area contributed by atoms with Crippen LogP contribution in [0.15, 0.2) is 65.6 Å². The number of nitrogens with one attached hydrogen (secondary N) is 1. The lowest BCUT2D eigenvalue weighted by Crippen LogP contribution is -2.23. The quantitative estimate of drug-likeness (QED) is 0.716. The van der Waals surface area contributed by atoms with E-state index in [1.54, 1.807) is 12.1 Å². The Morgan fingerprint density at radius 2 is 1.57 bits per heavy atom. The summed E-state index contributed by atoms with van der Waals surface area (Å²) in [5.74, 6) is -0.292. The van der Waals surface area contributed by atoms with Gasteiger partial charge < -0.3 is 10.2 Å². The van der Waals surface area contributed by atoms with Crippen LogP contribution in [0.1, 0.15) is 10.4 Å². The van der Waals surface area contributed by atoms with Crippen LogP contribution in [0.4, 0.5) is 11.4 Å². The molecule has 3 aromatic carbocycles. The van der Waals surface area contributed by atoms with Crippen molar-refractivity contribution in [2.24, 2.45) is 0 Å². The Morgan fingerprint density at radius 3 is 2.25 bits per heavy atom. The van der Waals surface area contributed by atoms with Crippen molar-refractivity contribution in [1.29, 1.82) is 0 Å². The predicted molar refractivity (Wildman–Crippen MR) is 114 cm³/mol. The van der Waals surface area contributed by atoms with E-state index in [0.29, 0.717) is 16.9 Å². The van der Waals surface area contributed by atoms with Gasteiger partial charge in [0.25, 0.3) is 5.91 Å². The van der Waals surface area contributed by atoms with Crippen molar-refractivity contribution in [2.45, 2.75) is 4.90 Å². The Bertz CT molecular complexity index is 1130. The summed E-state index contributed by atoms with van der Waals surface area (Å²) in [7, 11) is 3.01. The van der Waals surface area contributed by atoms with Crippen LogP contribution in [0.5, 0.6) is 0 Å². The molecule has 0 aromatic heterocycles. The second-order valence-corrected chi connectivity index (χ2v) is 8.99. The lowest BCUT2D eigenvalue weighted by Gasteiger charge is -2.20. The van der Waals surface area contributed by atoms with Crippen LogP contribution >= 0.6 is 0 Å². The Balaban J connectivity index is 2.06. The fourth-order valence-electron chi connectivity index (χ4n) is 2.99. The van der Waals surface area contributed by atoms with Crippen LogP contribution in [0.3, 0.4) is 0 Å². The minimum absolute atomic E-state index is 0.122. The van der Waals surface area contributed by atoms with E-state index in [9.17, 15) is 13.2 Å². The zero-order valence-corrected chi connectivity index (χ0v) is 17.1. The van der Waals surface area contributed by atoms with Gasteiger partial charge in [0.15, 0.2) is 0 Å². The molecule has 0 atom stereocenters. The van der Waals surface area contributed by atoms with Gasteiger partial charge in [0, 0.05) is 33.8 Å². The second-order valence-electron chi connectivity index (χ2n) is 6.84. The number of nitrogens with zero attached hydrogens (tertiary/aromatic N) is 2. The highest BCUT2D eigenvalue weighted by Crippen LogP contribution is 2.29. The Kier molecular flexibility index (Phi) is 5.40. The van der Waals surface area contributed by atoms with Crippen LogP contribution < -0.4 is 10.2 Å². The summed E-state index contributed by atoms with van der Waals surface area (Å²) in [6.45, 7) is 0. The minimum Gasteiger partial charge on any atom is -0.376 e. The van der Waals surface area contributed by atoms with Crippen LogP contribution in [0.25, 0.3) is 10.8 Å². The van der Waals surface area contributed by atoms with Gasteiger partial charge in [0.05, 0.1) is 16.3 Å². The summed E-state index contributed by atoms with van der Waals surface area (Å²) >= 11 is 0. The molecule has 0 fully saturated rings. The third-order valence-corrected chi connectivity index (χ3v) is 6.32. The fourth-order valence-corrected chi connectivity index (χ4v) is 3.92. The number of carbonyl (C=O) groups excluding carboxylic acids is 1. The number of sulfonamides is 1. The molecule has 0 saturated heterocycles. The summed E-state index contributed by atoms with van der Waals surface area (Å²) in [4.78, 5) is 15.0. The van der Waals surface area contributed by atoms with E-state index >= 15 is 0 Å². The maximum absolute atomic E-state index is 13.0. The first kappa shape index (κ1) is 19.9. The molecule has 0 unspecified atom stereocenters. The number of benzene rings is 3. The fraction of sp³-hybridized carbons (Fsp3) is 0.190. The van der Waals surface area contributed by atoms with Gasteiger partial charge in [0.2, 0.25) is 10.0 Å². The maximum Gasteiger partial charge on any atom is 0.256 e. The number of rotatable bonds is 5. The molecule has 28 heavy (non-hydrogen) atoms. The summed E-state index contributed by atoms with van der Waals surface area (Å²) in [5.41, 5.74) is 1.68. The van der Waals surface area contributed by atoms with E-state index in [2.05, 4.69) is 5.32 Å². The molecule has 6 nitrogen and oxygen atoms in total. The van der Waals surface area contributed by atoms with Crippen molar-refractivity contribution in [1.82, 2.24) is 4.31 Å². The zero-order chi connectivity index (χ0) is 20.5. The van der Waals surface area contributed by atoms with E-state index < -0.39 is 10.0 Å². The number of carbonyl (C=O) groups is 1. The Morgan fingerprint density at radius 1 is 0.893 bits per heavy atom. The molecular weight excluding hydrogens is 374 g/mol. The van der Waals surface area contributed by atoms with Crippen molar-refractivity contribution in [3.63, 3.8) is 0 Å². The number of fused-ring (bicyclic) bond motifs is 1. The van der Waals surface area contributed by atoms with Gasteiger partial charge in [-0.2, -0.15) is 0 Å². The molecule has 0 aliphatic rings. The molecule has 0 aliphatic carbocycles. The summed E-state index contributed by atoms with van der Waals surface area (Å²) in [5, 5.41) is 4.69. The maximum atomic E-state index is 13.0. The molecule has 0 radical (unpaired) electrons. The van der Waals surface area contributed by atoms with Gasteiger partial charge in [-0.25, -0.2) is 12.7 Å². The number of hydrogen-bond acceptors (Lipinski definition) is 4. The smallest absolute Gasteiger partial charge is 0.256 e. The lowest BCUT2D eigenvalue weighted by atomic mass is 10.0. The first-order chi connectivity index (χ1) is 13.2. The van der Waals surface area contributed by atoms with E-state index in [0.717, 1.165) is 15.1 Å². The molecule has 146 valence electrons. The third kappa shape index (κ3) is 3.72. The number of amides is 1. The van der Waals surface area contributed by atoms with E-state index in [4.69, 9.17) is 0 Å². The molecule has 0 heterocycles. The molecule has 0 aliphatic heterocycles. The van der Waals surface area contributed by atoms with Gasteiger partial charge in [-0.3, -0.25) is 4.79 Å². The molecule has 0 bridgehead atoms. The zero-order valence-electron chi connectivity index (χ0n) is 16.3. The number of anilines is 2. The highest BCUT2D eigenvalue weighted by atomic mass is 32.2. The van der Waals surface area contributed by atoms with Crippen LogP contribution in [0, 0.1) is 0 Å². The lowest BCUT2D eigenvalue weighted by molar-refractivity contribution is 0.102. The average Bonchev–Trinajstić information content (AvgIpc) is 2.67. The predicted octanol–water partition coefficient (Wildman–Crippen LogP) is 3.41. The van der Waals surface area contributed by atoms with Crippen LogP contribution in [-0.4, -0.2) is 46.8 Å². The van der Waals surface area contributed by atoms with Crippen molar-refractivity contribution >= 4 is 38.1 Å². The van der Waals surface area contributed by atoms with Gasteiger partial charge in [-0.05, 0) is 35.0 Å². The van der Waals surface area contributed by atoms with Crippen molar-refractivity contribution in [3.8, 4) is 0 Å². The van der Waals surface area contributed by atoms with Gasteiger partial charge in [-0.15, -0.1) is 0 Å². The highest BCUT2D eigenvalue weighted by molar-refractivity contribution is 7.89. The highest BCUT2D eigenvalue weighted by Gasteiger charge is 2.20. The van der Waals surface area contributed by atoms with E-state index in [1.165, 1.54) is 26.2 Å². The Labute approximate surface area is 165 Å². The molecule has 0 spiro atoms. The largest absolute Gasteiger partial charge is 0.376 e. The average molecular weight is 398 g/mol. The standard InChI is InChI=1S/C21H23N3O3S/c1-23(2)20-13-12-16(28(26,27)24(3)4)14-19(20)22-21(25)18-11-7-9-15-8-5-6-10-17(15)18/h5-14H,1-4H3,(H,22,25). The van der Waals surface area contributed by atoms with E-state index in [1.807, 2.05) is 55.4 Å². The van der Waals surface area contributed by atoms with E-state index in [-0.39, 0.29) is 10.8 Å². The van der Waals surface area contributed by atoms with Crippen molar-refractivity contribution in [2.75, 3.05) is 38.4 Å². The van der Waals surface area contributed by atoms with Gasteiger partial charge >= 0.3 is 0 Å². The summed E-state index contributed by atoms with van der Waals surface area (Å²) in [6, 6.07) is 17.9. The SMILES string of the molecule is CN(C)c1ccc(S(=O)(=O)N(C)C)cc1NC(=O)c1cccc2ccccc12. The monoisotopic (exact) mass is 397 g/mol. The normalized spacial score (nSPS) is 11.6. The van der Waals surface area contributed by atoms with Crippen molar-refractivity contribution in [3.05, 3.63) is 66.2 Å². The topological polar surface area (TPSA) is 69.7 Å². The van der Waals surface area contributed by atoms with Crippen LogP contribution in [0.2, 0.25) is 0 Å². The first-order valence-corrected chi connectivity index (χ1v) is 10.2. The first-order valence-electron chi connectivity index (χ1n) is 8.75. The summed E-state index contributed by atoms with van der Waals surface area (Å²) < 4.78 is 26.1. The van der Waals surface area contributed by atoms with Gasteiger partial charge in [-0.1, -0.05) is 36.4 Å². The molecule has 3 aromatic rings. The minimum atomic E-state index is -3.61. The van der Waals surface area contributed by atoms with Gasteiger partial charge in [0.1, 0.15) is 0 Å². The molecule has 1 amide bonds. The molecular formula is C21H23N3O3S. The Hall–Kier alpha value is -2.90. The molecule has 7 heteroatoms. The van der Waals surface area contributed by atoms with Crippen LogP contribution in [-0.2, 0) is 10.0 Å². The molecule has 1 N–H and O–H groups in total. The number of hydrogen-bond donors (Lipinski definition) is 1. The molecule has 3 rings (SSSR count).